The quantitative estimate of drug-likeness (QED) is 0.744. The largest absolute Gasteiger partial charge is 0.389 e. The molecule has 0 saturated heterocycles. The Labute approximate surface area is 110 Å². The Kier molecular flexibility index (Phi) is 6.71. The van der Waals surface area contributed by atoms with Gasteiger partial charge in [-0.15, -0.1) is 11.3 Å². The molecule has 0 amide bonds. The molecule has 0 radical (unpaired) electrons. The lowest BCUT2D eigenvalue weighted by Crippen LogP contribution is -2.31. The van der Waals surface area contributed by atoms with Crippen molar-refractivity contribution in [2.24, 2.45) is 0 Å². The summed E-state index contributed by atoms with van der Waals surface area (Å²) in [5.41, 5.74) is 0. The third-order valence-electron chi connectivity index (χ3n) is 2.72. The summed E-state index contributed by atoms with van der Waals surface area (Å²) in [6, 6.07) is 4.17. The van der Waals surface area contributed by atoms with E-state index in [-0.39, 0.29) is 12.5 Å². The molecule has 18 heavy (non-hydrogen) atoms. The molecule has 1 nitrogen and oxygen atoms in total. The monoisotopic (exact) mass is 279 g/mol. The number of hydrogen-bond donors (Lipinski definition) is 1. The lowest BCUT2D eigenvalue weighted by atomic mass is 10.1. The van der Waals surface area contributed by atoms with Gasteiger partial charge in [0.05, 0.1) is 0 Å². The van der Waals surface area contributed by atoms with Crippen molar-refractivity contribution in [1.82, 2.24) is 5.32 Å². The Hall–Kier alpha value is -0.550. The SMILES string of the molecule is CCCNC(CCCC(F)(F)F)Cc1cccs1. The molecule has 1 atom stereocenters. The van der Waals surface area contributed by atoms with E-state index in [4.69, 9.17) is 0 Å². The second kappa shape index (κ2) is 7.79. The van der Waals surface area contributed by atoms with Gasteiger partial charge >= 0.3 is 6.18 Å². The van der Waals surface area contributed by atoms with Gasteiger partial charge in [-0.3, -0.25) is 0 Å². The topological polar surface area (TPSA) is 12.0 Å². The highest BCUT2D eigenvalue weighted by atomic mass is 32.1. The fourth-order valence-electron chi connectivity index (χ4n) is 1.85. The minimum Gasteiger partial charge on any atom is -0.314 e. The van der Waals surface area contributed by atoms with E-state index in [0.717, 1.165) is 19.4 Å². The van der Waals surface area contributed by atoms with Crippen LogP contribution in [0.4, 0.5) is 13.2 Å². The van der Waals surface area contributed by atoms with Crippen LogP contribution in [0.5, 0.6) is 0 Å². The van der Waals surface area contributed by atoms with Gasteiger partial charge in [0.25, 0.3) is 0 Å². The minimum atomic E-state index is -4.03. The average molecular weight is 279 g/mol. The molecule has 0 saturated carbocycles. The molecular formula is C13H20F3NS. The Balaban J connectivity index is 2.35. The van der Waals surface area contributed by atoms with Gasteiger partial charge in [-0.25, -0.2) is 0 Å². The maximum atomic E-state index is 12.1. The van der Waals surface area contributed by atoms with Crippen molar-refractivity contribution in [3.63, 3.8) is 0 Å². The molecule has 104 valence electrons. The summed E-state index contributed by atoms with van der Waals surface area (Å²) in [6.45, 7) is 2.92. The zero-order valence-electron chi connectivity index (χ0n) is 10.6. The Morgan fingerprint density at radius 2 is 2.17 bits per heavy atom. The molecule has 0 spiro atoms. The van der Waals surface area contributed by atoms with E-state index in [2.05, 4.69) is 12.2 Å². The Morgan fingerprint density at radius 3 is 2.72 bits per heavy atom. The Bertz CT molecular complexity index is 309. The number of halogens is 3. The molecule has 1 rings (SSSR count). The average Bonchev–Trinajstić information content (AvgIpc) is 2.76. The number of hydrogen-bond acceptors (Lipinski definition) is 2. The van der Waals surface area contributed by atoms with Crippen molar-refractivity contribution in [3.8, 4) is 0 Å². The summed E-state index contributed by atoms with van der Waals surface area (Å²) < 4.78 is 36.4. The molecule has 1 heterocycles. The van der Waals surface area contributed by atoms with E-state index in [9.17, 15) is 13.2 Å². The maximum Gasteiger partial charge on any atom is 0.389 e. The third-order valence-corrected chi connectivity index (χ3v) is 3.62. The van der Waals surface area contributed by atoms with E-state index >= 15 is 0 Å². The van der Waals surface area contributed by atoms with E-state index < -0.39 is 12.6 Å². The van der Waals surface area contributed by atoms with Gasteiger partial charge in [-0.05, 0) is 43.7 Å². The molecule has 0 aliphatic rings. The van der Waals surface area contributed by atoms with Gasteiger partial charge in [-0.2, -0.15) is 13.2 Å². The van der Waals surface area contributed by atoms with Crippen LogP contribution in [0.15, 0.2) is 17.5 Å². The van der Waals surface area contributed by atoms with E-state index in [0.29, 0.717) is 6.42 Å². The van der Waals surface area contributed by atoms with Crippen molar-refractivity contribution in [1.29, 1.82) is 0 Å². The summed E-state index contributed by atoms with van der Waals surface area (Å²) in [6.07, 6.45) is -2.09. The molecule has 0 aromatic carbocycles. The van der Waals surface area contributed by atoms with Crippen molar-refractivity contribution in [3.05, 3.63) is 22.4 Å². The molecule has 0 fully saturated rings. The van der Waals surface area contributed by atoms with Gasteiger partial charge in [-0.1, -0.05) is 13.0 Å². The molecule has 1 N–H and O–H groups in total. The predicted octanol–water partition coefficient (Wildman–Crippen LogP) is 4.39. The van der Waals surface area contributed by atoms with Crippen LogP contribution in [0.1, 0.15) is 37.5 Å². The van der Waals surface area contributed by atoms with Crippen molar-refractivity contribution in [2.75, 3.05) is 6.54 Å². The first-order valence-corrected chi connectivity index (χ1v) is 7.21. The van der Waals surface area contributed by atoms with Crippen LogP contribution in [0, 0.1) is 0 Å². The summed E-state index contributed by atoms with van der Waals surface area (Å²) >= 11 is 1.66. The number of alkyl halides is 3. The van der Waals surface area contributed by atoms with Crippen molar-refractivity contribution in [2.45, 2.75) is 51.2 Å². The summed E-state index contributed by atoms with van der Waals surface area (Å²) in [5, 5.41) is 5.34. The lowest BCUT2D eigenvalue weighted by Gasteiger charge is -2.18. The fourth-order valence-corrected chi connectivity index (χ4v) is 2.63. The molecule has 0 bridgehead atoms. The summed E-state index contributed by atoms with van der Waals surface area (Å²) in [4.78, 5) is 1.23. The number of nitrogens with one attached hydrogen (secondary N) is 1. The second-order valence-electron chi connectivity index (χ2n) is 4.44. The molecular weight excluding hydrogens is 259 g/mol. The lowest BCUT2D eigenvalue weighted by molar-refractivity contribution is -0.135. The second-order valence-corrected chi connectivity index (χ2v) is 5.47. The minimum absolute atomic E-state index is 0.158. The standard InChI is InChI=1S/C13H20F3NS/c1-2-8-17-11(5-3-7-13(14,15)16)10-12-6-4-9-18-12/h4,6,9,11,17H,2-3,5,7-8,10H2,1H3. The van der Waals surface area contributed by atoms with Crippen molar-refractivity contribution < 1.29 is 13.2 Å². The van der Waals surface area contributed by atoms with Crippen LogP contribution >= 0.6 is 11.3 Å². The summed E-state index contributed by atoms with van der Waals surface area (Å²) in [7, 11) is 0. The highest BCUT2D eigenvalue weighted by molar-refractivity contribution is 7.09. The van der Waals surface area contributed by atoms with Crippen LogP contribution in [0.2, 0.25) is 0 Å². The van der Waals surface area contributed by atoms with E-state index in [1.54, 1.807) is 11.3 Å². The fraction of sp³-hybridized carbons (Fsp3) is 0.692. The highest BCUT2D eigenvalue weighted by Gasteiger charge is 2.26. The zero-order valence-corrected chi connectivity index (χ0v) is 11.4. The van der Waals surface area contributed by atoms with Gasteiger partial charge in [0.1, 0.15) is 0 Å². The summed E-state index contributed by atoms with van der Waals surface area (Å²) in [5.74, 6) is 0. The van der Waals surface area contributed by atoms with Gasteiger partial charge in [0.15, 0.2) is 0 Å². The number of thiophene rings is 1. The van der Waals surface area contributed by atoms with E-state index in [1.165, 1.54) is 4.88 Å². The van der Waals surface area contributed by atoms with Gasteiger partial charge < -0.3 is 5.32 Å². The Morgan fingerprint density at radius 1 is 1.39 bits per heavy atom. The number of rotatable bonds is 8. The van der Waals surface area contributed by atoms with Gasteiger partial charge in [0.2, 0.25) is 0 Å². The molecule has 1 aromatic rings. The molecule has 1 unspecified atom stereocenters. The van der Waals surface area contributed by atoms with Crippen LogP contribution in [0.3, 0.4) is 0 Å². The van der Waals surface area contributed by atoms with Crippen LogP contribution in [-0.4, -0.2) is 18.8 Å². The van der Waals surface area contributed by atoms with Crippen LogP contribution < -0.4 is 5.32 Å². The molecule has 0 aliphatic heterocycles. The van der Waals surface area contributed by atoms with E-state index in [1.807, 2.05) is 17.5 Å². The molecule has 5 heteroatoms. The first-order chi connectivity index (χ1) is 8.51. The smallest absolute Gasteiger partial charge is 0.314 e. The van der Waals surface area contributed by atoms with Crippen molar-refractivity contribution >= 4 is 11.3 Å². The van der Waals surface area contributed by atoms with Crippen LogP contribution in [0.25, 0.3) is 0 Å². The molecule has 0 aliphatic carbocycles. The van der Waals surface area contributed by atoms with Gasteiger partial charge in [0, 0.05) is 17.3 Å². The first kappa shape index (κ1) is 15.5. The third kappa shape index (κ3) is 7.01. The van der Waals surface area contributed by atoms with Crippen LogP contribution in [-0.2, 0) is 6.42 Å². The first-order valence-electron chi connectivity index (χ1n) is 6.34. The maximum absolute atomic E-state index is 12.1. The highest BCUT2D eigenvalue weighted by Crippen LogP contribution is 2.23. The zero-order chi connectivity index (χ0) is 13.4. The predicted molar refractivity (Wildman–Crippen MR) is 70.0 cm³/mol. The molecule has 1 aromatic heterocycles. The normalized spacial score (nSPS) is 13.8.